The molecule has 0 aromatic rings. The smallest absolute Gasteiger partial charge is 0.135 e. The van der Waals surface area contributed by atoms with Gasteiger partial charge >= 0.3 is 0 Å². The van der Waals surface area contributed by atoms with E-state index in [4.69, 9.17) is 11.5 Å². The average molecular weight is 262 g/mol. The Morgan fingerprint density at radius 3 is 1.50 bits per heavy atom. The standard InChI is InChI=1S/C9H22N4O.2C2H6/c1-8(14)9(6-12-4-2-10)7-13-5-3-11;2*1-2/h9,12-13H,2-7,10-11H2,1H3;2*1-2H3. The zero-order chi connectivity index (χ0) is 14.8. The third kappa shape index (κ3) is 17.9. The molecule has 5 heteroatoms. The predicted octanol–water partition coefficient (Wildman–Crippen LogP) is 0.341. The molecular weight excluding hydrogens is 228 g/mol. The van der Waals surface area contributed by atoms with Crippen LogP contribution in [0.2, 0.25) is 0 Å². The van der Waals surface area contributed by atoms with Gasteiger partial charge in [0, 0.05) is 45.2 Å². The number of carbonyl (C=O) groups is 1. The van der Waals surface area contributed by atoms with Crippen molar-refractivity contribution in [2.24, 2.45) is 17.4 Å². The van der Waals surface area contributed by atoms with E-state index >= 15 is 0 Å². The van der Waals surface area contributed by atoms with Crippen LogP contribution < -0.4 is 22.1 Å². The molecule has 0 bridgehead atoms. The van der Waals surface area contributed by atoms with Gasteiger partial charge in [-0.05, 0) is 6.92 Å². The van der Waals surface area contributed by atoms with Crippen LogP contribution in [0.3, 0.4) is 0 Å². The zero-order valence-corrected chi connectivity index (χ0v) is 12.9. The molecule has 0 aromatic carbocycles. The monoisotopic (exact) mass is 262 g/mol. The van der Waals surface area contributed by atoms with E-state index < -0.39 is 0 Å². The quantitative estimate of drug-likeness (QED) is 0.450. The Labute approximate surface area is 113 Å². The van der Waals surface area contributed by atoms with Gasteiger partial charge in [0.05, 0.1) is 0 Å². The van der Waals surface area contributed by atoms with Crippen LogP contribution in [-0.2, 0) is 4.79 Å². The highest BCUT2D eigenvalue weighted by molar-refractivity contribution is 5.78. The van der Waals surface area contributed by atoms with Crippen LogP contribution in [0, 0.1) is 5.92 Å². The normalized spacial score (nSPS) is 9.11. The number of rotatable bonds is 9. The van der Waals surface area contributed by atoms with Crippen molar-refractivity contribution in [2.75, 3.05) is 39.3 Å². The van der Waals surface area contributed by atoms with Gasteiger partial charge in [-0.3, -0.25) is 4.79 Å². The Bertz CT molecular complexity index is 144. The van der Waals surface area contributed by atoms with Crippen LogP contribution >= 0.6 is 0 Å². The lowest BCUT2D eigenvalue weighted by atomic mass is 10.1. The molecule has 0 aromatic heterocycles. The summed E-state index contributed by atoms with van der Waals surface area (Å²) in [6, 6.07) is 0. The summed E-state index contributed by atoms with van der Waals surface area (Å²) >= 11 is 0. The number of ketones is 1. The molecule has 0 radical (unpaired) electrons. The number of Topliss-reactive ketones (excluding diaryl/α,β-unsaturated/α-hetero) is 1. The van der Waals surface area contributed by atoms with Crippen LogP contribution in [0.25, 0.3) is 0 Å². The first-order chi connectivity index (χ1) is 8.72. The summed E-state index contributed by atoms with van der Waals surface area (Å²) in [5.74, 6) is 0.215. The lowest BCUT2D eigenvalue weighted by Gasteiger charge is -2.14. The van der Waals surface area contributed by atoms with Crippen molar-refractivity contribution in [3.8, 4) is 0 Å². The van der Waals surface area contributed by atoms with Gasteiger partial charge in [-0.2, -0.15) is 0 Å². The van der Waals surface area contributed by atoms with Crippen LogP contribution in [0.4, 0.5) is 0 Å². The minimum absolute atomic E-state index is 0.0214. The number of hydrogen-bond donors (Lipinski definition) is 4. The first kappa shape index (κ1) is 22.7. The summed E-state index contributed by atoms with van der Waals surface area (Å²) < 4.78 is 0. The molecule has 0 heterocycles. The first-order valence-corrected chi connectivity index (χ1v) is 7.04. The lowest BCUT2D eigenvalue weighted by molar-refractivity contribution is -0.120. The second-order valence-corrected chi connectivity index (χ2v) is 3.29. The second kappa shape index (κ2) is 21.8. The highest BCUT2D eigenvalue weighted by Gasteiger charge is 2.12. The van der Waals surface area contributed by atoms with E-state index in [1.807, 2.05) is 27.7 Å². The van der Waals surface area contributed by atoms with Crippen LogP contribution in [-0.4, -0.2) is 45.1 Å². The van der Waals surface area contributed by atoms with E-state index in [1.54, 1.807) is 6.92 Å². The summed E-state index contributed by atoms with van der Waals surface area (Å²) in [4.78, 5) is 11.2. The first-order valence-electron chi connectivity index (χ1n) is 7.04. The molecule has 0 rings (SSSR count). The van der Waals surface area contributed by atoms with Crippen molar-refractivity contribution >= 4 is 5.78 Å². The van der Waals surface area contributed by atoms with Gasteiger partial charge in [-0.25, -0.2) is 0 Å². The van der Waals surface area contributed by atoms with Crippen molar-refractivity contribution in [1.29, 1.82) is 0 Å². The largest absolute Gasteiger partial charge is 0.329 e. The zero-order valence-electron chi connectivity index (χ0n) is 12.9. The fourth-order valence-corrected chi connectivity index (χ4v) is 1.12. The van der Waals surface area contributed by atoms with Gasteiger partial charge < -0.3 is 22.1 Å². The van der Waals surface area contributed by atoms with Crippen molar-refractivity contribution in [3.63, 3.8) is 0 Å². The predicted molar refractivity (Wildman–Crippen MR) is 80.7 cm³/mol. The molecule has 0 unspecified atom stereocenters. The van der Waals surface area contributed by atoms with Crippen LogP contribution in [0.1, 0.15) is 34.6 Å². The molecule has 0 fully saturated rings. The van der Waals surface area contributed by atoms with Crippen LogP contribution in [0.15, 0.2) is 0 Å². The number of nitrogens with one attached hydrogen (secondary N) is 2. The topological polar surface area (TPSA) is 93.2 Å². The molecule has 6 N–H and O–H groups in total. The molecular formula is C13H34N4O. The minimum atomic E-state index is 0.0214. The Balaban J connectivity index is -0.000000506. The Morgan fingerprint density at radius 2 is 1.28 bits per heavy atom. The number of carbonyl (C=O) groups excluding carboxylic acids is 1. The average Bonchev–Trinajstić information content (AvgIpc) is 2.41. The fourth-order valence-electron chi connectivity index (χ4n) is 1.12. The van der Waals surface area contributed by atoms with Crippen molar-refractivity contribution < 1.29 is 4.79 Å². The molecule has 0 saturated carbocycles. The Hall–Kier alpha value is -0.490. The summed E-state index contributed by atoms with van der Waals surface area (Å²) in [5, 5.41) is 6.25. The molecule has 112 valence electrons. The maximum absolute atomic E-state index is 11.2. The molecule has 0 saturated heterocycles. The molecule has 0 amide bonds. The molecule has 0 spiro atoms. The van der Waals surface area contributed by atoms with Crippen molar-refractivity contribution in [3.05, 3.63) is 0 Å². The molecule has 5 nitrogen and oxygen atoms in total. The van der Waals surface area contributed by atoms with Gasteiger partial charge in [0.15, 0.2) is 0 Å². The highest BCUT2D eigenvalue weighted by Crippen LogP contribution is 1.94. The molecule has 0 atom stereocenters. The molecule has 18 heavy (non-hydrogen) atoms. The van der Waals surface area contributed by atoms with Gasteiger partial charge in [0.25, 0.3) is 0 Å². The third-order valence-electron chi connectivity index (χ3n) is 2.00. The molecule has 0 aliphatic carbocycles. The number of nitrogens with two attached hydrogens (primary N) is 2. The van der Waals surface area contributed by atoms with Gasteiger partial charge in [-0.1, -0.05) is 27.7 Å². The second-order valence-electron chi connectivity index (χ2n) is 3.29. The van der Waals surface area contributed by atoms with E-state index in [0.717, 1.165) is 13.1 Å². The van der Waals surface area contributed by atoms with Gasteiger partial charge in [-0.15, -0.1) is 0 Å². The van der Waals surface area contributed by atoms with E-state index in [0.29, 0.717) is 26.2 Å². The maximum atomic E-state index is 11.2. The summed E-state index contributed by atoms with van der Waals surface area (Å²) in [7, 11) is 0. The Kier molecular flexibility index (Phi) is 27.4. The van der Waals surface area contributed by atoms with Gasteiger partial charge in [0.1, 0.15) is 5.78 Å². The lowest BCUT2D eigenvalue weighted by Crippen LogP contribution is -2.38. The highest BCUT2D eigenvalue weighted by atomic mass is 16.1. The summed E-state index contributed by atoms with van der Waals surface area (Å²) in [6.07, 6.45) is 0. The van der Waals surface area contributed by atoms with Crippen molar-refractivity contribution in [1.82, 2.24) is 10.6 Å². The minimum Gasteiger partial charge on any atom is -0.329 e. The fraction of sp³-hybridized carbons (Fsp3) is 0.923. The van der Waals surface area contributed by atoms with Crippen molar-refractivity contribution in [2.45, 2.75) is 34.6 Å². The molecule has 0 aliphatic heterocycles. The van der Waals surface area contributed by atoms with Gasteiger partial charge in [0.2, 0.25) is 0 Å². The summed E-state index contributed by atoms with van der Waals surface area (Å²) in [5.41, 5.74) is 10.7. The van der Waals surface area contributed by atoms with E-state index in [1.165, 1.54) is 0 Å². The maximum Gasteiger partial charge on any atom is 0.135 e. The molecule has 0 aliphatic rings. The Morgan fingerprint density at radius 1 is 0.944 bits per heavy atom. The van der Waals surface area contributed by atoms with E-state index in [-0.39, 0.29) is 11.7 Å². The SMILES string of the molecule is CC.CC.CC(=O)C(CNCCN)CNCCN. The number of hydrogen-bond acceptors (Lipinski definition) is 5. The van der Waals surface area contributed by atoms with E-state index in [2.05, 4.69) is 10.6 Å². The summed E-state index contributed by atoms with van der Waals surface area (Å²) in [6.45, 7) is 13.7. The third-order valence-corrected chi connectivity index (χ3v) is 2.00. The van der Waals surface area contributed by atoms with Crippen LogP contribution in [0.5, 0.6) is 0 Å². The van der Waals surface area contributed by atoms with E-state index in [9.17, 15) is 4.79 Å².